The second-order valence-corrected chi connectivity index (χ2v) is 9.31. The highest BCUT2D eigenvalue weighted by Crippen LogP contribution is 2.35. The Hall–Kier alpha value is -2.80. The predicted octanol–water partition coefficient (Wildman–Crippen LogP) is 3.73. The minimum Gasteiger partial charge on any atom is -0.334 e. The van der Waals surface area contributed by atoms with Gasteiger partial charge in [0.25, 0.3) is 0 Å². The zero-order valence-electron chi connectivity index (χ0n) is 17.6. The van der Waals surface area contributed by atoms with Gasteiger partial charge in [0.2, 0.25) is 11.8 Å². The SMILES string of the molecule is CCn1cc(C2CSCCN2C(=O)C2CC(=O)N(c3cccc4ccccc34)C2)cn1. The van der Waals surface area contributed by atoms with Gasteiger partial charge in [0.05, 0.1) is 23.8 Å². The summed E-state index contributed by atoms with van der Waals surface area (Å²) in [5.74, 6) is 1.60. The molecule has 5 rings (SSSR count). The number of amides is 2. The first-order chi connectivity index (χ1) is 15.2. The highest BCUT2D eigenvalue weighted by Gasteiger charge is 2.40. The molecule has 2 aliphatic heterocycles. The molecule has 31 heavy (non-hydrogen) atoms. The molecule has 2 saturated heterocycles. The molecule has 1 aromatic heterocycles. The van der Waals surface area contributed by atoms with E-state index in [2.05, 4.69) is 24.2 Å². The van der Waals surface area contributed by atoms with E-state index in [9.17, 15) is 9.59 Å². The Kier molecular flexibility index (Phi) is 5.44. The molecule has 2 aliphatic rings. The molecular weight excluding hydrogens is 408 g/mol. The van der Waals surface area contributed by atoms with Crippen molar-refractivity contribution in [1.82, 2.24) is 14.7 Å². The molecule has 0 bridgehead atoms. The molecular formula is C24H26N4O2S. The maximum atomic E-state index is 13.6. The maximum absolute atomic E-state index is 13.6. The number of carbonyl (C=O) groups is 2. The Morgan fingerprint density at radius 1 is 1.19 bits per heavy atom. The molecule has 2 aromatic carbocycles. The first kappa shape index (κ1) is 20.1. The molecule has 0 saturated carbocycles. The molecule has 3 aromatic rings. The molecule has 3 heterocycles. The molecule has 6 nitrogen and oxygen atoms in total. The lowest BCUT2D eigenvalue weighted by Gasteiger charge is -2.36. The van der Waals surface area contributed by atoms with Crippen LogP contribution in [0.15, 0.2) is 54.9 Å². The van der Waals surface area contributed by atoms with Gasteiger partial charge in [-0.05, 0) is 18.4 Å². The van der Waals surface area contributed by atoms with Gasteiger partial charge in [-0.3, -0.25) is 14.3 Å². The summed E-state index contributed by atoms with van der Waals surface area (Å²) >= 11 is 1.87. The molecule has 2 atom stereocenters. The van der Waals surface area contributed by atoms with E-state index in [1.807, 2.05) is 64.1 Å². The number of aryl methyl sites for hydroxylation is 1. The molecule has 2 unspecified atom stereocenters. The molecule has 0 N–H and O–H groups in total. The lowest BCUT2D eigenvalue weighted by Crippen LogP contribution is -2.44. The van der Waals surface area contributed by atoms with Crippen molar-refractivity contribution in [2.45, 2.75) is 25.9 Å². The van der Waals surface area contributed by atoms with Crippen LogP contribution < -0.4 is 4.90 Å². The highest BCUT2D eigenvalue weighted by atomic mass is 32.2. The van der Waals surface area contributed by atoms with E-state index in [1.165, 1.54) is 0 Å². The fraction of sp³-hybridized carbons (Fsp3) is 0.375. The van der Waals surface area contributed by atoms with Crippen LogP contribution in [0.5, 0.6) is 0 Å². The number of fused-ring (bicyclic) bond motifs is 1. The summed E-state index contributed by atoms with van der Waals surface area (Å²) in [5.41, 5.74) is 1.98. The van der Waals surface area contributed by atoms with Gasteiger partial charge in [0.15, 0.2) is 0 Å². The van der Waals surface area contributed by atoms with Gasteiger partial charge in [-0.25, -0.2) is 0 Å². The van der Waals surface area contributed by atoms with Gasteiger partial charge in [-0.2, -0.15) is 16.9 Å². The largest absolute Gasteiger partial charge is 0.334 e. The summed E-state index contributed by atoms with van der Waals surface area (Å²) in [7, 11) is 0. The minimum atomic E-state index is -0.307. The van der Waals surface area contributed by atoms with Crippen molar-refractivity contribution in [2.75, 3.05) is 29.5 Å². The van der Waals surface area contributed by atoms with Crippen LogP contribution in [-0.4, -0.2) is 51.1 Å². The third kappa shape index (κ3) is 3.71. The normalized spacial score (nSPS) is 21.8. The lowest BCUT2D eigenvalue weighted by molar-refractivity contribution is -0.137. The van der Waals surface area contributed by atoms with Crippen molar-refractivity contribution in [1.29, 1.82) is 0 Å². The van der Waals surface area contributed by atoms with Gasteiger partial charge in [0, 0.05) is 54.7 Å². The molecule has 2 fully saturated rings. The van der Waals surface area contributed by atoms with Crippen molar-refractivity contribution in [2.24, 2.45) is 5.92 Å². The number of nitrogens with zero attached hydrogens (tertiary/aromatic N) is 4. The van der Waals surface area contributed by atoms with Crippen LogP contribution >= 0.6 is 11.8 Å². The van der Waals surface area contributed by atoms with Crippen LogP contribution in [0.3, 0.4) is 0 Å². The molecule has 0 spiro atoms. The first-order valence-corrected chi connectivity index (χ1v) is 12.0. The highest BCUT2D eigenvalue weighted by molar-refractivity contribution is 7.99. The quantitative estimate of drug-likeness (QED) is 0.628. The lowest BCUT2D eigenvalue weighted by atomic mass is 10.0. The topological polar surface area (TPSA) is 58.4 Å². The smallest absolute Gasteiger partial charge is 0.228 e. The fourth-order valence-corrected chi connectivity index (χ4v) is 5.74. The van der Waals surface area contributed by atoms with Gasteiger partial charge < -0.3 is 9.80 Å². The van der Waals surface area contributed by atoms with E-state index in [4.69, 9.17) is 0 Å². The Morgan fingerprint density at radius 3 is 2.87 bits per heavy atom. The number of rotatable bonds is 4. The molecule has 0 aliphatic carbocycles. The molecule has 2 amide bonds. The number of aromatic nitrogens is 2. The zero-order valence-corrected chi connectivity index (χ0v) is 18.4. The maximum Gasteiger partial charge on any atom is 0.228 e. The average molecular weight is 435 g/mol. The van der Waals surface area contributed by atoms with Crippen LogP contribution in [0.1, 0.15) is 24.9 Å². The summed E-state index contributed by atoms with van der Waals surface area (Å²) in [6, 6.07) is 14.1. The van der Waals surface area contributed by atoms with Crippen LogP contribution in [0.2, 0.25) is 0 Å². The third-order valence-corrected chi connectivity index (χ3v) is 7.33. The Bertz CT molecular complexity index is 1120. The van der Waals surface area contributed by atoms with E-state index >= 15 is 0 Å². The van der Waals surface area contributed by atoms with E-state index < -0.39 is 0 Å². The van der Waals surface area contributed by atoms with Crippen molar-refractivity contribution >= 4 is 40.0 Å². The van der Waals surface area contributed by atoms with Crippen LogP contribution in [-0.2, 0) is 16.1 Å². The molecule has 7 heteroatoms. The summed E-state index contributed by atoms with van der Waals surface area (Å²) < 4.78 is 1.90. The predicted molar refractivity (Wildman–Crippen MR) is 124 cm³/mol. The van der Waals surface area contributed by atoms with Gasteiger partial charge in [-0.15, -0.1) is 0 Å². The van der Waals surface area contributed by atoms with E-state index in [0.717, 1.165) is 40.1 Å². The van der Waals surface area contributed by atoms with Crippen molar-refractivity contribution in [3.8, 4) is 0 Å². The fourth-order valence-electron chi connectivity index (χ4n) is 4.65. The van der Waals surface area contributed by atoms with Crippen molar-refractivity contribution in [3.63, 3.8) is 0 Å². The van der Waals surface area contributed by atoms with E-state index in [-0.39, 0.29) is 30.2 Å². The Morgan fingerprint density at radius 2 is 2.03 bits per heavy atom. The first-order valence-electron chi connectivity index (χ1n) is 10.8. The van der Waals surface area contributed by atoms with Crippen molar-refractivity contribution < 1.29 is 9.59 Å². The van der Waals surface area contributed by atoms with Gasteiger partial charge >= 0.3 is 0 Å². The van der Waals surface area contributed by atoms with E-state index in [0.29, 0.717) is 13.1 Å². The Labute approximate surface area is 186 Å². The monoisotopic (exact) mass is 434 g/mol. The second kappa shape index (κ2) is 8.38. The van der Waals surface area contributed by atoms with Gasteiger partial charge in [-0.1, -0.05) is 36.4 Å². The number of hydrogen-bond donors (Lipinski definition) is 0. The molecule has 0 radical (unpaired) electrons. The zero-order chi connectivity index (χ0) is 21.4. The number of carbonyl (C=O) groups excluding carboxylic acids is 2. The number of thioether (sulfide) groups is 1. The average Bonchev–Trinajstić information content (AvgIpc) is 3.45. The number of anilines is 1. The van der Waals surface area contributed by atoms with Gasteiger partial charge in [0.1, 0.15) is 0 Å². The summed E-state index contributed by atoms with van der Waals surface area (Å²) in [6.45, 7) is 4.02. The van der Waals surface area contributed by atoms with Crippen LogP contribution in [0, 0.1) is 5.92 Å². The van der Waals surface area contributed by atoms with Crippen LogP contribution in [0.4, 0.5) is 5.69 Å². The third-order valence-electron chi connectivity index (χ3n) is 6.31. The summed E-state index contributed by atoms with van der Waals surface area (Å²) in [6.07, 6.45) is 4.19. The second-order valence-electron chi connectivity index (χ2n) is 8.16. The minimum absolute atomic E-state index is 0.0215. The summed E-state index contributed by atoms with van der Waals surface area (Å²) in [4.78, 5) is 30.3. The van der Waals surface area contributed by atoms with Crippen molar-refractivity contribution in [3.05, 3.63) is 60.4 Å². The molecule has 160 valence electrons. The number of benzene rings is 2. The van der Waals surface area contributed by atoms with E-state index in [1.54, 1.807) is 4.90 Å². The number of hydrogen-bond acceptors (Lipinski definition) is 4. The Balaban J connectivity index is 1.39. The van der Waals surface area contributed by atoms with Crippen LogP contribution in [0.25, 0.3) is 10.8 Å². The summed E-state index contributed by atoms with van der Waals surface area (Å²) in [5, 5.41) is 6.55. The standard InChI is InChI=1S/C24H26N4O2S/c1-2-26-14-19(13-25-26)22-16-31-11-10-27(22)24(30)18-12-23(29)28(15-18)21-9-5-7-17-6-3-4-8-20(17)21/h3-9,13-14,18,22H,2,10-12,15-16H2,1H3.